The summed E-state index contributed by atoms with van der Waals surface area (Å²) in [7, 11) is 3.14. The van der Waals surface area contributed by atoms with E-state index < -0.39 is 12.8 Å². The lowest BCUT2D eigenvalue weighted by molar-refractivity contribution is -0.154. The van der Waals surface area contributed by atoms with Gasteiger partial charge in [-0.15, -0.1) is 0 Å². The van der Waals surface area contributed by atoms with E-state index in [1.54, 1.807) is 20.3 Å². The number of aromatic nitrogens is 1. The summed E-state index contributed by atoms with van der Waals surface area (Å²) in [6.07, 6.45) is -3.01. The van der Waals surface area contributed by atoms with Crippen molar-refractivity contribution in [1.29, 1.82) is 0 Å². The number of nitrogens with zero attached hydrogens (tertiary/aromatic N) is 2. The number of methoxy groups -OCH3 is 2. The number of aliphatic imine (C=N–C) groups is 1. The molecule has 0 aliphatic carbocycles. The summed E-state index contributed by atoms with van der Waals surface area (Å²) in [6.45, 7) is 1.93. The van der Waals surface area contributed by atoms with E-state index in [-0.39, 0.29) is 5.88 Å². The lowest BCUT2D eigenvalue weighted by atomic mass is 10.2. The summed E-state index contributed by atoms with van der Waals surface area (Å²) >= 11 is 0. The molecule has 2 aromatic rings. The van der Waals surface area contributed by atoms with Crippen LogP contribution in [0.15, 0.2) is 41.5 Å². The number of halogens is 3. The zero-order valence-electron chi connectivity index (χ0n) is 17.0. The number of nitrogens with one attached hydrogen (secondary N) is 2. The third-order valence-corrected chi connectivity index (χ3v) is 3.85. The molecule has 0 bridgehead atoms. The van der Waals surface area contributed by atoms with Gasteiger partial charge in [0.25, 0.3) is 0 Å². The van der Waals surface area contributed by atoms with E-state index in [0.29, 0.717) is 42.7 Å². The molecular formula is C20H25F3N4O3. The fourth-order valence-electron chi connectivity index (χ4n) is 2.47. The molecule has 2 rings (SSSR count). The minimum absolute atomic E-state index is 0.0844. The maximum absolute atomic E-state index is 12.3. The average Bonchev–Trinajstić information content (AvgIpc) is 2.73. The zero-order chi connectivity index (χ0) is 22.0. The fraction of sp³-hybridized carbons (Fsp3) is 0.400. The van der Waals surface area contributed by atoms with Crippen LogP contribution in [0.4, 0.5) is 13.2 Å². The second kappa shape index (κ2) is 11.1. The Morgan fingerprint density at radius 1 is 1.03 bits per heavy atom. The van der Waals surface area contributed by atoms with E-state index in [2.05, 4.69) is 25.3 Å². The average molecular weight is 426 g/mol. The van der Waals surface area contributed by atoms with Crippen molar-refractivity contribution in [2.45, 2.75) is 26.2 Å². The maximum atomic E-state index is 12.3. The Morgan fingerprint density at radius 3 is 2.47 bits per heavy atom. The third kappa shape index (κ3) is 7.69. The van der Waals surface area contributed by atoms with Gasteiger partial charge < -0.3 is 24.8 Å². The molecule has 1 aromatic carbocycles. The van der Waals surface area contributed by atoms with Crippen LogP contribution in [-0.2, 0) is 13.1 Å². The van der Waals surface area contributed by atoms with Gasteiger partial charge in [0.2, 0.25) is 5.88 Å². The van der Waals surface area contributed by atoms with Crippen molar-refractivity contribution in [3.05, 3.63) is 47.7 Å². The van der Waals surface area contributed by atoms with Crippen molar-refractivity contribution in [2.75, 3.05) is 27.4 Å². The van der Waals surface area contributed by atoms with E-state index in [0.717, 1.165) is 5.56 Å². The smallest absolute Gasteiger partial charge is 0.422 e. The Labute approximate surface area is 173 Å². The van der Waals surface area contributed by atoms with Crippen molar-refractivity contribution >= 4 is 5.96 Å². The predicted octanol–water partition coefficient (Wildman–Crippen LogP) is 3.30. The van der Waals surface area contributed by atoms with Crippen LogP contribution in [0.3, 0.4) is 0 Å². The summed E-state index contributed by atoms with van der Waals surface area (Å²) in [5.74, 6) is 1.73. The molecule has 0 saturated heterocycles. The molecule has 0 fully saturated rings. The van der Waals surface area contributed by atoms with E-state index in [1.165, 1.54) is 12.3 Å². The highest BCUT2D eigenvalue weighted by Gasteiger charge is 2.28. The number of guanidine groups is 1. The highest BCUT2D eigenvalue weighted by molar-refractivity contribution is 5.79. The number of pyridine rings is 1. The van der Waals surface area contributed by atoms with Gasteiger partial charge in [-0.05, 0) is 36.2 Å². The quantitative estimate of drug-likeness (QED) is 0.473. The molecule has 30 heavy (non-hydrogen) atoms. The number of hydrogen-bond acceptors (Lipinski definition) is 5. The molecule has 0 aliphatic heterocycles. The first-order valence-corrected chi connectivity index (χ1v) is 9.22. The van der Waals surface area contributed by atoms with E-state index in [1.807, 2.05) is 25.1 Å². The zero-order valence-corrected chi connectivity index (χ0v) is 17.0. The Morgan fingerprint density at radius 2 is 1.80 bits per heavy atom. The third-order valence-electron chi connectivity index (χ3n) is 3.85. The van der Waals surface area contributed by atoms with Gasteiger partial charge in [-0.2, -0.15) is 13.2 Å². The second-order valence-electron chi connectivity index (χ2n) is 6.14. The molecule has 0 aliphatic rings. The Bertz CT molecular complexity index is 844. The van der Waals surface area contributed by atoms with Crippen LogP contribution in [-0.4, -0.2) is 44.5 Å². The van der Waals surface area contributed by atoms with Gasteiger partial charge in [-0.1, -0.05) is 6.07 Å². The Balaban J connectivity index is 2.00. The van der Waals surface area contributed by atoms with Crippen molar-refractivity contribution in [3.8, 4) is 17.4 Å². The molecule has 0 radical (unpaired) electrons. The van der Waals surface area contributed by atoms with Crippen molar-refractivity contribution in [1.82, 2.24) is 15.6 Å². The molecular weight excluding hydrogens is 401 g/mol. The number of ether oxygens (including phenoxy) is 3. The lowest BCUT2D eigenvalue weighted by Crippen LogP contribution is -2.36. The van der Waals surface area contributed by atoms with Gasteiger partial charge in [0, 0.05) is 25.4 Å². The molecule has 0 atom stereocenters. The highest BCUT2D eigenvalue weighted by atomic mass is 19.4. The van der Waals surface area contributed by atoms with E-state index >= 15 is 0 Å². The standard InChI is InChI=1S/C20H25F3N4O3/c1-4-24-19(26-11-14-5-6-16(28-2)17(9-14)29-3)27-12-15-7-8-25-18(10-15)30-13-20(21,22)23/h5-10H,4,11-13H2,1-3H3,(H2,24,26,27). The molecule has 0 unspecified atom stereocenters. The van der Waals surface area contributed by atoms with Crippen molar-refractivity contribution < 1.29 is 27.4 Å². The molecule has 164 valence electrons. The van der Waals surface area contributed by atoms with Crippen LogP contribution in [0, 0.1) is 0 Å². The number of hydrogen-bond donors (Lipinski definition) is 2. The molecule has 0 saturated carbocycles. The summed E-state index contributed by atoms with van der Waals surface area (Å²) in [5.41, 5.74) is 1.63. The molecule has 0 amide bonds. The highest BCUT2D eigenvalue weighted by Crippen LogP contribution is 2.27. The monoisotopic (exact) mass is 426 g/mol. The first kappa shape index (κ1) is 23.1. The molecule has 2 N–H and O–H groups in total. The van der Waals surface area contributed by atoms with Crippen molar-refractivity contribution in [2.24, 2.45) is 4.99 Å². The summed E-state index contributed by atoms with van der Waals surface area (Å²) in [4.78, 5) is 8.32. The Hall–Kier alpha value is -3.17. The second-order valence-corrected chi connectivity index (χ2v) is 6.14. The van der Waals surface area contributed by atoms with Crippen LogP contribution in [0.2, 0.25) is 0 Å². The molecule has 0 spiro atoms. The Kier molecular flexibility index (Phi) is 8.57. The maximum Gasteiger partial charge on any atom is 0.422 e. The topological polar surface area (TPSA) is 77.0 Å². The number of alkyl halides is 3. The first-order chi connectivity index (χ1) is 14.3. The number of rotatable bonds is 9. The summed E-state index contributed by atoms with van der Waals surface area (Å²) < 4.78 is 52.1. The lowest BCUT2D eigenvalue weighted by Gasteiger charge is -2.13. The van der Waals surface area contributed by atoms with Gasteiger partial charge in [0.15, 0.2) is 24.1 Å². The van der Waals surface area contributed by atoms with Crippen LogP contribution >= 0.6 is 0 Å². The van der Waals surface area contributed by atoms with Crippen LogP contribution < -0.4 is 24.8 Å². The predicted molar refractivity (Wildman–Crippen MR) is 107 cm³/mol. The van der Waals surface area contributed by atoms with E-state index in [9.17, 15) is 13.2 Å². The minimum atomic E-state index is -4.41. The van der Waals surface area contributed by atoms with Gasteiger partial charge in [-0.3, -0.25) is 0 Å². The van der Waals surface area contributed by atoms with Crippen LogP contribution in [0.5, 0.6) is 17.4 Å². The summed E-state index contributed by atoms with van der Waals surface area (Å²) in [5, 5.41) is 6.26. The molecule has 1 aromatic heterocycles. The van der Waals surface area contributed by atoms with Crippen LogP contribution in [0.25, 0.3) is 0 Å². The van der Waals surface area contributed by atoms with Crippen LogP contribution in [0.1, 0.15) is 18.1 Å². The van der Waals surface area contributed by atoms with Gasteiger partial charge in [0.05, 0.1) is 20.8 Å². The first-order valence-electron chi connectivity index (χ1n) is 9.22. The summed E-state index contributed by atoms with van der Waals surface area (Å²) in [6, 6.07) is 8.69. The molecule has 10 heteroatoms. The molecule has 1 heterocycles. The normalized spacial score (nSPS) is 11.7. The van der Waals surface area contributed by atoms with Crippen molar-refractivity contribution in [3.63, 3.8) is 0 Å². The SMILES string of the molecule is CCNC(=NCc1ccc(OC)c(OC)c1)NCc1ccnc(OCC(F)(F)F)c1. The van der Waals surface area contributed by atoms with E-state index in [4.69, 9.17) is 9.47 Å². The largest absolute Gasteiger partial charge is 0.493 e. The fourth-order valence-corrected chi connectivity index (χ4v) is 2.47. The van der Waals surface area contributed by atoms with Gasteiger partial charge >= 0.3 is 6.18 Å². The number of benzene rings is 1. The van der Waals surface area contributed by atoms with Gasteiger partial charge in [-0.25, -0.2) is 9.98 Å². The minimum Gasteiger partial charge on any atom is -0.493 e. The molecule has 7 nitrogen and oxygen atoms in total. The van der Waals surface area contributed by atoms with Gasteiger partial charge in [0.1, 0.15) is 0 Å².